The second kappa shape index (κ2) is 20.9. The summed E-state index contributed by atoms with van der Waals surface area (Å²) in [5.74, 6) is 3.31. The summed E-state index contributed by atoms with van der Waals surface area (Å²) in [5, 5.41) is 0. The average Bonchev–Trinajstić information content (AvgIpc) is 2.77. The van der Waals surface area contributed by atoms with Gasteiger partial charge in [0.05, 0.1) is 33.0 Å². The Kier molecular flexibility index (Phi) is 20.6. The molecule has 0 spiro atoms. The lowest BCUT2D eigenvalue weighted by Crippen LogP contribution is -2.25. The minimum atomic E-state index is 0.420. The third kappa shape index (κ3) is 19.6. The topological polar surface area (TPSA) is 36.9 Å². The summed E-state index contributed by atoms with van der Waals surface area (Å²) in [4.78, 5) is 0. The zero-order valence-corrected chi connectivity index (χ0v) is 23.7. The van der Waals surface area contributed by atoms with Crippen molar-refractivity contribution < 1.29 is 18.9 Å². The van der Waals surface area contributed by atoms with Gasteiger partial charge in [-0.25, -0.2) is 0 Å². The van der Waals surface area contributed by atoms with Crippen LogP contribution in [0.15, 0.2) is 11.6 Å². The highest BCUT2D eigenvalue weighted by atomic mass is 16.5. The molecule has 198 valence electrons. The van der Waals surface area contributed by atoms with Gasteiger partial charge in [-0.2, -0.15) is 0 Å². The van der Waals surface area contributed by atoms with Crippen LogP contribution in [0, 0.1) is 35.5 Å². The predicted octanol–water partition coefficient (Wildman–Crippen LogP) is 7.42. The number of ether oxygens (including phenoxy) is 4. The van der Waals surface area contributed by atoms with Gasteiger partial charge in [0.1, 0.15) is 0 Å². The number of hydrogen-bond acceptors (Lipinski definition) is 4. The van der Waals surface area contributed by atoms with Gasteiger partial charge in [-0.05, 0) is 50.4 Å². The second-order valence-electron chi connectivity index (χ2n) is 11.0. The molecule has 0 rings (SSSR count). The van der Waals surface area contributed by atoms with E-state index in [9.17, 15) is 0 Å². The van der Waals surface area contributed by atoms with Crippen LogP contribution in [0.25, 0.3) is 0 Å². The van der Waals surface area contributed by atoms with Crippen LogP contribution in [0.5, 0.6) is 0 Å². The van der Waals surface area contributed by atoms with E-state index < -0.39 is 0 Å². The molecule has 0 aliphatic rings. The van der Waals surface area contributed by atoms with Crippen molar-refractivity contribution in [2.75, 3.05) is 52.9 Å². The molecule has 0 aromatic carbocycles. The summed E-state index contributed by atoms with van der Waals surface area (Å²) >= 11 is 0. The summed E-state index contributed by atoms with van der Waals surface area (Å²) in [6, 6.07) is 0. The molecule has 0 aliphatic heterocycles. The van der Waals surface area contributed by atoms with Crippen LogP contribution in [-0.4, -0.2) is 52.9 Å². The van der Waals surface area contributed by atoms with Crippen molar-refractivity contribution >= 4 is 0 Å². The van der Waals surface area contributed by atoms with Crippen molar-refractivity contribution in [3.8, 4) is 0 Å². The molecule has 0 heterocycles. The zero-order chi connectivity index (χ0) is 25.1. The Morgan fingerprint density at radius 3 is 1.58 bits per heavy atom. The first-order chi connectivity index (χ1) is 15.7. The minimum absolute atomic E-state index is 0.420. The van der Waals surface area contributed by atoms with E-state index in [1.165, 1.54) is 31.3 Å². The number of rotatable bonds is 22. The fraction of sp³-hybridized carbons (Fsp3) is 0.931. The largest absolute Gasteiger partial charge is 0.381 e. The maximum absolute atomic E-state index is 6.03. The van der Waals surface area contributed by atoms with Crippen LogP contribution in [0.3, 0.4) is 0 Å². The van der Waals surface area contributed by atoms with Crippen molar-refractivity contribution in [3.05, 3.63) is 11.6 Å². The lowest BCUT2D eigenvalue weighted by Gasteiger charge is -2.23. The molecule has 0 N–H and O–H groups in total. The van der Waals surface area contributed by atoms with Crippen LogP contribution in [-0.2, 0) is 18.9 Å². The first kappa shape index (κ1) is 32.6. The molecule has 0 aromatic rings. The summed E-state index contributed by atoms with van der Waals surface area (Å²) in [6.45, 7) is 26.4. The monoisotopic (exact) mass is 470 g/mol. The van der Waals surface area contributed by atoms with E-state index in [1.54, 1.807) is 0 Å². The van der Waals surface area contributed by atoms with Crippen molar-refractivity contribution in [1.82, 2.24) is 0 Å². The Labute approximate surface area is 207 Å². The molecule has 0 saturated heterocycles. The van der Waals surface area contributed by atoms with Gasteiger partial charge in [0, 0.05) is 31.7 Å². The molecule has 0 radical (unpaired) electrons. The normalized spacial score (nSPS) is 17.2. The van der Waals surface area contributed by atoms with Crippen LogP contribution in [0.2, 0.25) is 0 Å². The molecule has 5 atom stereocenters. The van der Waals surface area contributed by atoms with Crippen molar-refractivity contribution in [3.63, 3.8) is 0 Å². The van der Waals surface area contributed by atoms with Crippen molar-refractivity contribution in [2.45, 2.75) is 88.0 Å². The van der Waals surface area contributed by atoms with Gasteiger partial charge in [0.2, 0.25) is 0 Å². The molecular weight excluding hydrogens is 412 g/mol. The van der Waals surface area contributed by atoms with E-state index in [1.807, 2.05) is 0 Å². The molecule has 0 amide bonds. The molecule has 0 aromatic heterocycles. The molecule has 4 heteroatoms. The molecule has 0 saturated carbocycles. The average molecular weight is 471 g/mol. The summed E-state index contributed by atoms with van der Waals surface area (Å²) in [6.07, 6.45) is 6.97. The molecule has 5 unspecified atom stereocenters. The maximum atomic E-state index is 6.03. The van der Waals surface area contributed by atoms with Crippen molar-refractivity contribution in [1.29, 1.82) is 0 Å². The minimum Gasteiger partial charge on any atom is -0.381 e. The van der Waals surface area contributed by atoms with Gasteiger partial charge >= 0.3 is 0 Å². The number of allylic oxidation sites excluding steroid dienone is 1. The second-order valence-corrected chi connectivity index (χ2v) is 11.0. The molecule has 4 nitrogen and oxygen atoms in total. The SMILES string of the molecule is C/C=C(\C)COCC(C)CCCC(C)COCC(C)COCC(COCC(C)CC)C(C)C. The Balaban J connectivity index is 3.82. The molecule has 0 bridgehead atoms. The van der Waals surface area contributed by atoms with Gasteiger partial charge in [0.25, 0.3) is 0 Å². The third-order valence-electron chi connectivity index (χ3n) is 6.53. The highest BCUT2D eigenvalue weighted by Gasteiger charge is 2.16. The van der Waals surface area contributed by atoms with Crippen LogP contribution in [0.1, 0.15) is 88.0 Å². The Hall–Kier alpha value is -0.420. The summed E-state index contributed by atoms with van der Waals surface area (Å²) < 4.78 is 23.7. The predicted molar refractivity (Wildman–Crippen MR) is 142 cm³/mol. The van der Waals surface area contributed by atoms with E-state index in [-0.39, 0.29) is 0 Å². The standard InChI is InChI=1S/C29H58O4/c1-10-24(5)15-30-17-26(7)13-12-14-27(8)18-31-19-28(9)20-33-22-29(23(3)4)21-32-16-25(6)11-2/h10,23,25-29H,11-22H2,1-9H3/b24-10+. The fourth-order valence-electron chi connectivity index (χ4n) is 3.40. The van der Waals surface area contributed by atoms with Gasteiger partial charge in [-0.3, -0.25) is 0 Å². The highest BCUT2D eigenvalue weighted by molar-refractivity contribution is 4.95. The van der Waals surface area contributed by atoms with E-state index in [0.29, 0.717) is 35.5 Å². The molecule has 33 heavy (non-hydrogen) atoms. The number of hydrogen-bond donors (Lipinski definition) is 0. The van der Waals surface area contributed by atoms with E-state index in [2.05, 4.69) is 68.4 Å². The Morgan fingerprint density at radius 2 is 1.09 bits per heavy atom. The van der Waals surface area contributed by atoms with Gasteiger partial charge in [0.15, 0.2) is 0 Å². The Morgan fingerprint density at radius 1 is 0.636 bits per heavy atom. The van der Waals surface area contributed by atoms with Crippen LogP contribution in [0.4, 0.5) is 0 Å². The zero-order valence-electron chi connectivity index (χ0n) is 23.7. The first-order valence-corrected chi connectivity index (χ1v) is 13.6. The van der Waals surface area contributed by atoms with Gasteiger partial charge in [-0.15, -0.1) is 0 Å². The summed E-state index contributed by atoms with van der Waals surface area (Å²) in [7, 11) is 0. The maximum Gasteiger partial charge on any atom is 0.0674 e. The molecule has 0 fully saturated rings. The molecule has 0 aliphatic carbocycles. The fourth-order valence-corrected chi connectivity index (χ4v) is 3.40. The quantitative estimate of drug-likeness (QED) is 0.154. The van der Waals surface area contributed by atoms with Gasteiger partial charge in [-0.1, -0.05) is 73.0 Å². The van der Waals surface area contributed by atoms with E-state index >= 15 is 0 Å². The molecular formula is C29H58O4. The van der Waals surface area contributed by atoms with Gasteiger partial charge < -0.3 is 18.9 Å². The first-order valence-electron chi connectivity index (χ1n) is 13.6. The highest BCUT2D eigenvalue weighted by Crippen LogP contribution is 2.16. The third-order valence-corrected chi connectivity index (χ3v) is 6.53. The Bertz CT molecular complexity index is 463. The summed E-state index contributed by atoms with van der Waals surface area (Å²) in [5.41, 5.74) is 1.30. The van der Waals surface area contributed by atoms with Crippen LogP contribution >= 0.6 is 0 Å². The van der Waals surface area contributed by atoms with Crippen molar-refractivity contribution in [2.24, 2.45) is 35.5 Å². The van der Waals surface area contributed by atoms with Crippen LogP contribution < -0.4 is 0 Å². The lowest BCUT2D eigenvalue weighted by atomic mass is 9.98. The van der Waals surface area contributed by atoms with E-state index in [4.69, 9.17) is 18.9 Å². The smallest absolute Gasteiger partial charge is 0.0674 e. The van der Waals surface area contributed by atoms with E-state index in [0.717, 1.165) is 52.9 Å². The lowest BCUT2D eigenvalue weighted by molar-refractivity contribution is -0.00958.